The largest absolute Gasteiger partial charge is 0.497 e. The van der Waals surface area contributed by atoms with Gasteiger partial charge in [-0.2, -0.15) is 0 Å². The third-order valence-corrected chi connectivity index (χ3v) is 6.93. The van der Waals surface area contributed by atoms with Gasteiger partial charge in [-0.05, 0) is 47.9 Å². The third kappa shape index (κ3) is 4.72. The van der Waals surface area contributed by atoms with Gasteiger partial charge in [-0.15, -0.1) is 0 Å². The highest BCUT2D eigenvalue weighted by molar-refractivity contribution is 7.99. The topological polar surface area (TPSA) is 86.4 Å². The molecule has 5 aromatic rings. The predicted molar refractivity (Wildman–Crippen MR) is 143 cm³/mol. The first-order valence-corrected chi connectivity index (χ1v) is 12.6. The summed E-state index contributed by atoms with van der Waals surface area (Å²) in [6.07, 6.45) is 0.816. The number of aryl methyl sites for hydroxylation is 1. The summed E-state index contributed by atoms with van der Waals surface area (Å²) in [5.41, 5.74) is 3.78. The van der Waals surface area contributed by atoms with Crippen LogP contribution in [0.2, 0.25) is 0 Å². The number of hydrogen-bond donors (Lipinski definition) is 1. The maximum absolute atomic E-state index is 13.6. The van der Waals surface area contributed by atoms with Gasteiger partial charge in [0.05, 0.1) is 19.4 Å². The zero-order valence-electron chi connectivity index (χ0n) is 20.0. The number of thioether (sulfide) groups is 1. The molecule has 5 rings (SSSR count). The molecule has 0 aliphatic carbocycles. The minimum atomic E-state index is -0.286. The molecule has 0 bridgehead atoms. The molecule has 0 saturated heterocycles. The van der Waals surface area contributed by atoms with Crippen molar-refractivity contribution in [2.24, 2.45) is 0 Å². The quantitative estimate of drug-likeness (QED) is 0.224. The van der Waals surface area contributed by atoms with E-state index in [2.05, 4.69) is 5.32 Å². The molecule has 0 spiro atoms. The van der Waals surface area contributed by atoms with E-state index in [-0.39, 0.29) is 29.3 Å². The minimum Gasteiger partial charge on any atom is -0.497 e. The van der Waals surface area contributed by atoms with E-state index in [1.807, 2.05) is 79.7 Å². The van der Waals surface area contributed by atoms with Crippen LogP contribution in [0.5, 0.6) is 5.75 Å². The van der Waals surface area contributed by atoms with Crippen LogP contribution in [0, 0.1) is 0 Å². The van der Waals surface area contributed by atoms with E-state index in [0.717, 1.165) is 34.4 Å². The number of amides is 1. The van der Waals surface area contributed by atoms with Crippen molar-refractivity contribution in [3.8, 4) is 5.75 Å². The lowest BCUT2D eigenvalue weighted by molar-refractivity contribution is -0.113. The van der Waals surface area contributed by atoms with Crippen molar-refractivity contribution < 1.29 is 13.9 Å². The predicted octanol–water partition coefficient (Wildman–Crippen LogP) is 5.49. The first-order valence-electron chi connectivity index (χ1n) is 11.6. The second-order valence-corrected chi connectivity index (χ2v) is 9.20. The van der Waals surface area contributed by atoms with Gasteiger partial charge in [-0.3, -0.25) is 14.2 Å². The lowest BCUT2D eigenvalue weighted by atomic mass is 10.1. The number of methoxy groups -OCH3 is 1. The number of fused-ring (bicyclic) bond motifs is 3. The highest BCUT2D eigenvalue weighted by Crippen LogP contribution is 2.28. The number of carbonyl (C=O) groups is 1. The van der Waals surface area contributed by atoms with Crippen molar-refractivity contribution >= 4 is 45.4 Å². The Morgan fingerprint density at radius 2 is 1.81 bits per heavy atom. The van der Waals surface area contributed by atoms with E-state index in [9.17, 15) is 9.59 Å². The van der Waals surface area contributed by atoms with E-state index >= 15 is 0 Å². The number of aromatic nitrogens is 2. The molecule has 36 heavy (non-hydrogen) atoms. The van der Waals surface area contributed by atoms with Crippen molar-refractivity contribution in [2.75, 3.05) is 18.2 Å². The van der Waals surface area contributed by atoms with Crippen LogP contribution in [-0.2, 0) is 17.8 Å². The summed E-state index contributed by atoms with van der Waals surface area (Å²) in [5.74, 6) is 0.674. The number of hydrogen-bond acceptors (Lipinski definition) is 6. The lowest BCUT2D eigenvalue weighted by Crippen LogP contribution is -2.24. The average Bonchev–Trinajstić information content (AvgIpc) is 3.29. The van der Waals surface area contributed by atoms with Gasteiger partial charge in [0, 0.05) is 11.1 Å². The van der Waals surface area contributed by atoms with Crippen LogP contribution in [0.3, 0.4) is 0 Å². The van der Waals surface area contributed by atoms with Crippen LogP contribution < -0.4 is 15.6 Å². The average molecular weight is 500 g/mol. The summed E-state index contributed by atoms with van der Waals surface area (Å²) in [6, 6.07) is 22.7. The fraction of sp³-hybridized carbons (Fsp3) is 0.179. The normalized spacial score (nSPS) is 11.2. The summed E-state index contributed by atoms with van der Waals surface area (Å²) < 4.78 is 12.7. The summed E-state index contributed by atoms with van der Waals surface area (Å²) >= 11 is 1.23. The third-order valence-electron chi connectivity index (χ3n) is 5.95. The Labute approximate surface area is 212 Å². The van der Waals surface area contributed by atoms with Gasteiger partial charge in [-0.1, -0.05) is 61.2 Å². The molecule has 1 amide bonds. The molecule has 0 fully saturated rings. The van der Waals surface area contributed by atoms with Crippen molar-refractivity contribution in [1.82, 2.24) is 9.55 Å². The van der Waals surface area contributed by atoms with Gasteiger partial charge in [0.25, 0.3) is 5.56 Å². The molecule has 8 heteroatoms. The lowest BCUT2D eigenvalue weighted by Gasteiger charge is -2.13. The Morgan fingerprint density at radius 3 is 2.58 bits per heavy atom. The van der Waals surface area contributed by atoms with Gasteiger partial charge < -0.3 is 14.5 Å². The zero-order chi connectivity index (χ0) is 25.1. The van der Waals surface area contributed by atoms with E-state index in [0.29, 0.717) is 16.3 Å². The molecule has 0 aliphatic heterocycles. The zero-order valence-corrected chi connectivity index (χ0v) is 20.8. The van der Waals surface area contributed by atoms with Crippen LogP contribution >= 0.6 is 11.8 Å². The molecule has 182 valence electrons. The van der Waals surface area contributed by atoms with Crippen LogP contribution in [-0.4, -0.2) is 28.3 Å². The molecule has 2 aromatic heterocycles. The van der Waals surface area contributed by atoms with Crippen molar-refractivity contribution in [3.63, 3.8) is 0 Å². The molecule has 2 heterocycles. The Bertz CT molecular complexity index is 1610. The number of ether oxygens (including phenoxy) is 1. The van der Waals surface area contributed by atoms with E-state index in [4.69, 9.17) is 14.1 Å². The molecular formula is C28H25N3O4S. The molecule has 0 atom stereocenters. The van der Waals surface area contributed by atoms with E-state index < -0.39 is 0 Å². The molecule has 0 radical (unpaired) electrons. The molecule has 3 aromatic carbocycles. The summed E-state index contributed by atoms with van der Waals surface area (Å²) in [5, 5.41) is 4.20. The van der Waals surface area contributed by atoms with Gasteiger partial charge in [0.1, 0.15) is 16.8 Å². The van der Waals surface area contributed by atoms with Crippen LogP contribution in [0.15, 0.2) is 87.2 Å². The van der Waals surface area contributed by atoms with Crippen LogP contribution in [0.1, 0.15) is 18.1 Å². The fourth-order valence-electron chi connectivity index (χ4n) is 4.08. The summed E-state index contributed by atoms with van der Waals surface area (Å²) in [4.78, 5) is 31.2. The van der Waals surface area contributed by atoms with Crippen LogP contribution in [0.4, 0.5) is 5.69 Å². The Balaban J connectivity index is 1.49. The van der Waals surface area contributed by atoms with Crippen molar-refractivity contribution in [1.29, 1.82) is 0 Å². The van der Waals surface area contributed by atoms with E-state index in [1.165, 1.54) is 11.8 Å². The number of nitrogens with zero attached hydrogens (tertiary/aromatic N) is 2. The van der Waals surface area contributed by atoms with Gasteiger partial charge in [0.15, 0.2) is 5.16 Å². The number of carbonyl (C=O) groups excluding carboxylic acids is 1. The van der Waals surface area contributed by atoms with Gasteiger partial charge >= 0.3 is 0 Å². The minimum absolute atomic E-state index is 0.106. The summed E-state index contributed by atoms with van der Waals surface area (Å²) in [7, 11) is 1.61. The number of benzene rings is 3. The van der Waals surface area contributed by atoms with E-state index in [1.54, 1.807) is 11.7 Å². The molecule has 0 unspecified atom stereocenters. The van der Waals surface area contributed by atoms with Gasteiger partial charge in [-0.25, -0.2) is 4.98 Å². The van der Waals surface area contributed by atoms with Crippen LogP contribution in [0.25, 0.3) is 22.1 Å². The SMILES string of the molecule is CCc1ccccc1NC(=O)CSc1nc2c(oc3ccccc32)c(=O)n1Cc1ccc(OC)cc1. The Kier molecular flexibility index (Phi) is 6.77. The monoisotopic (exact) mass is 499 g/mol. The number of para-hydroxylation sites is 2. The Morgan fingerprint density at radius 1 is 1.06 bits per heavy atom. The van der Waals surface area contributed by atoms with Gasteiger partial charge in [0.2, 0.25) is 11.5 Å². The molecule has 7 nitrogen and oxygen atoms in total. The number of nitrogens with one attached hydrogen (secondary N) is 1. The molecule has 0 aliphatic rings. The Hall–Kier alpha value is -4.04. The molecule has 0 saturated carbocycles. The maximum atomic E-state index is 13.6. The molecule has 1 N–H and O–H groups in total. The molecular weight excluding hydrogens is 474 g/mol. The first kappa shape index (κ1) is 23.7. The van der Waals surface area contributed by atoms with Crippen molar-refractivity contribution in [3.05, 3.63) is 94.3 Å². The first-order chi connectivity index (χ1) is 17.6. The highest BCUT2D eigenvalue weighted by Gasteiger charge is 2.19. The van der Waals surface area contributed by atoms with Crippen molar-refractivity contribution in [2.45, 2.75) is 25.0 Å². The number of rotatable bonds is 8. The summed E-state index contributed by atoms with van der Waals surface area (Å²) in [6.45, 7) is 2.33. The number of anilines is 1. The standard InChI is InChI=1S/C28H25N3O4S/c1-3-19-8-4-6-10-22(19)29-24(32)17-36-28-30-25-21-9-5-7-11-23(21)35-26(25)27(33)31(28)16-18-12-14-20(34-2)15-13-18/h4-15H,3,16-17H2,1-2H3,(H,29,32). The highest BCUT2D eigenvalue weighted by atomic mass is 32.2. The number of furan rings is 1. The second kappa shape index (κ2) is 10.3. The second-order valence-electron chi connectivity index (χ2n) is 8.26. The maximum Gasteiger partial charge on any atom is 0.298 e. The fourth-order valence-corrected chi connectivity index (χ4v) is 4.87. The smallest absolute Gasteiger partial charge is 0.298 e.